The Hall–Kier alpha value is -6.44. The third-order valence-electron chi connectivity index (χ3n) is 12.5. The van der Waals surface area contributed by atoms with Crippen molar-refractivity contribution < 1.29 is 0 Å². The number of anilines is 3. The molecule has 1 spiro atoms. The van der Waals surface area contributed by atoms with E-state index in [4.69, 9.17) is 0 Å². The zero-order valence-corrected chi connectivity index (χ0v) is 30.8. The molecule has 0 amide bonds. The van der Waals surface area contributed by atoms with Crippen LogP contribution in [0, 0.1) is 6.92 Å². The summed E-state index contributed by atoms with van der Waals surface area (Å²) in [6, 6.07) is 68.2. The molecule has 1 heteroatoms. The largest absolute Gasteiger partial charge is 0.310 e. The van der Waals surface area contributed by atoms with Crippen LogP contribution in [0.4, 0.5) is 17.1 Å². The predicted octanol–water partition coefficient (Wildman–Crippen LogP) is 13.8. The van der Waals surface area contributed by atoms with Crippen molar-refractivity contribution in [1.82, 2.24) is 0 Å². The van der Waals surface area contributed by atoms with Crippen LogP contribution in [0.3, 0.4) is 0 Å². The number of nitrogens with zero attached hydrogens (tertiary/aromatic N) is 1. The van der Waals surface area contributed by atoms with Crippen molar-refractivity contribution in [3.63, 3.8) is 0 Å². The van der Waals surface area contributed by atoms with E-state index in [0.717, 1.165) is 17.1 Å². The lowest BCUT2D eigenvalue weighted by molar-refractivity contribution is 0.660. The molecule has 8 aromatic rings. The van der Waals surface area contributed by atoms with E-state index in [1.54, 1.807) is 0 Å². The van der Waals surface area contributed by atoms with Crippen LogP contribution in [0.5, 0.6) is 0 Å². The van der Waals surface area contributed by atoms with Crippen LogP contribution in [-0.2, 0) is 10.8 Å². The molecule has 0 radical (unpaired) electrons. The molecule has 0 N–H and O–H groups in total. The summed E-state index contributed by atoms with van der Waals surface area (Å²) >= 11 is 0. The summed E-state index contributed by atoms with van der Waals surface area (Å²) in [7, 11) is 0. The third kappa shape index (κ3) is 4.10. The maximum absolute atomic E-state index is 2.50. The van der Waals surface area contributed by atoms with Gasteiger partial charge < -0.3 is 4.90 Å². The van der Waals surface area contributed by atoms with Gasteiger partial charge in [0, 0.05) is 22.4 Å². The number of hydrogen-bond acceptors (Lipinski definition) is 1. The zero-order valence-electron chi connectivity index (χ0n) is 30.8. The Bertz CT molecular complexity index is 2780. The van der Waals surface area contributed by atoms with E-state index in [0.29, 0.717) is 0 Å². The molecule has 0 aromatic heterocycles. The average molecular weight is 690 g/mol. The molecule has 1 nitrogen and oxygen atoms in total. The molecule has 0 fully saturated rings. The number of aryl methyl sites for hydroxylation is 1. The highest BCUT2D eigenvalue weighted by molar-refractivity contribution is 5.98. The van der Waals surface area contributed by atoms with Gasteiger partial charge in [-0.05, 0) is 110 Å². The second-order valence-corrected chi connectivity index (χ2v) is 15.7. The van der Waals surface area contributed by atoms with Gasteiger partial charge in [0.15, 0.2) is 0 Å². The average Bonchev–Trinajstić information content (AvgIpc) is 3.76. The van der Waals surface area contributed by atoms with Gasteiger partial charge in [-0.25, -0.2) is 0 Å². The topological polar surface area (TPSA) is 3.24 Å². The lowest BCUT2D eigenvalue weighted by Gasteiger charge is -2.32. The van der Waals surface area contributed by atoms with Gasteiger partial charge in [0.05, 0.1) is 11.1 Å². The van der Waals surface area contributed by atoms with E-state index in [1.165, 1.54) is 83.5 Å². The molecule has 0 saturated carbocycles. The summed E-state index contributed by atoms with van der Waals surface area (Å²) in [6.07, 6.45) is 0. The number of para-hydroxylation sites is 1. The molecule has 0 bridgehead atoms. The fourth-order valence-corrected chi connectivity index (χ4v) is 10.2. The first kappa shape index (κ1) is 31.1. The fourth-order valence-electron chi connectivity index (χ4n) is 10.2. The summed E-state index contributed by atoms with van der Waals surface area (Å²) in [6.45, 7) is 6.96. The lowest BCUT2D eigenvalue weighted by Crippen LogP contribution is -2.25. The predicted molar refractivity (Wildman–Crippen MR) is 225 cm³/mol. The van der Waals surface area contributed by atoms with E-state index in [2.05, 4.69) is 208 Å². The molecule has 8 aromatic carbocycles. The van der Waals surface area contributed by atoms with Crippen LogP contribution in [0.1, 0.15) is 52.8 Å². The summed E-state index contributed by atoms with van der Waals surface area (Å²) < 4.78 is 0. The van der Waals surface area contributed by atoms with Crippen molar-refractivity contribution in [2.75, 3.05) is 4.90 Å². The molecule has 54 heavy (non-hydrogen) atoms. The van der Waals surface area contributed by atoms with Crippen LogP contribution >= 0.6 is 0 Å². The molecule has 0 heterocycles. The summed E-state index contributed by atoms with van der Waals surface area (Å²) in [5.74, 6) is 0. The standard InChI is InChI=1S/C53H39N/c1-34-25-29-48-43(31-34)44-32-36(27-30-49(44)53(48)46-22-12-8-19-40(46)41-20-9-13-23-47(41)53)54(51-24-14-10-17-38(51)35-15-5-4-6-16-35)37-26-28-42-39-18-7-11-21-45(39)52(2,3)50(42)33-37/h4-33H,1-3H3. The molecule has 3 aliphatic carbocycles. The smallest absolute Gasteiger partial charge is 0.0725 e. The van der Waals surface area contributed by atoms with Gasteiger partial charge >= 0.3 is 0 Å². The van der Waals surface area contributed by atoms with Crippen LogP contribution in [0.2, 0.25) is 0 Å². The van der Waals surface area contributed by atoms with Crippen molar-refractivity contribution >= 4 is 17.1 Å². The van der Waals surface area contributed by atoms with Gasteiger partial charge in [0.25, 0.3) is 0 Å². The van der Waals surface area contributed by atoms with E-state index in [-0.39, 0.29) is 10.8 Å². The highest BCUT2D eigenvalue weighted by Gasteiger charge is 2.51. The second-order valence-electron chi connectivity index (χ2n) is 15.7. The maximum atomic E-state index is 2.50. The molecule has 3 aliphatic rings. The van der Waals surface area contributed by atoms with Gasteiger partial charge in [-0.2, -0.15) is 0 Å². The Morgan fingerprint density at radius 3 is 1.54 bits per heavy atom. The van der Waals surface area contributed by atoms with Crippen molar-refractivity contribution in [2.45, 2.75) is 31.6 Å². The van der Waals surface area contributed by atoms with Gasteiger partial charge in [-0.15, -0.1) is 0 Å². The van der Waals surface area contributed by atoms with Crippen molar-refractivity contribution in [1.29, 1.82) is 0 Å². The summed E-state index contributed by atoms with van der Waals surface area (Å²) in [5.41, 5.74) is 22.8. The quantitative estimate of drug-likeness (QED) is 0.178. The maximum Gasteiger partial charge on any atom is 0.0725 e. The Morgan fingerprint density at radius 1 is 0.352 bits per heavy atom. The van der Waals surface area contributed by atoms with Crippen molar-refractivity contribution in [3.8, 4) is 44.5 Å². The van der Waals surface area contributed by atoms with Gasteiger partial charge in [0.1, 0.15) is 0 Å². The Kier molecular flexibility index (Phi) is 6.50. The van der Waals surface area contributed by atoms with E-state index in [9.17, 15) is 0 Å². The van der Waals surface area contributed by atoms with E-state index >= 15 is 0 Å². The molecule has 0 unspecified atom stereocenters. The molecule has 11 rings (SSSR count). The van der Waals surface area contributed by atoms with Crippen LogP contribution in [0.25, 0.3) is 44.5 Å². The summed E-state index contributed by atoms with van der Waals surface area (Å²) in [4.78, 5) is 2.50. The minimum absolute atomic E-state index is 0.114. The number of rotatable bonds is 4. The highest BCUT2D eigenvalue weighted by atomic mass is 15.1. The van der Waals surface area contributed by atoms with Crippen LogP contribution in [-0.4, -0.2) is 0 Å². The number of fused-ring (bicyclic) bond motifs is 13. The van der Waals surface area contributed by atoms with Crippen molar-refractivity contribution in [3.05, 3.63) is 221 Å². The molecule has 0 aliphatic heterocycles. The molecular formula is C53H39N. The molecule has 0 saturated heterocycles. The van der Waals surface area contributed by atoms with Crippen LogP contribution < -0.4 is 4.90 Å². The molecular weight excluding hydrogens is 651 g/mol. The summed E-state index contributed by atoms with van der Waals surface area (Å²) in [5, 5.41) is 0. The Morgan fingerprint density at radius 2 is 0.833 bits per heavy atom. The lowest BCUT2D eigenvalue weighted by atomic mass is 9.70. The first-order valence-electron chi connectivity index (χ1n) is 19.1. The van der Waals surface area contributed by atoms with Crippen LogP contribution in [0.15, 0.2) is 182 Å². The monoisotopic (exact) mass is 689 g/mol. The third-order valence-corrected chi connectivity index (χ3v) is 12.5. The minimum Gasteiger partial charge on any atom is -0.310 e. The fraction of sp³-hybridized carbons (Fsp3) is 0.0943. The van der Waals surface area contributed by atoms with Gasteiger partial charge in [-0.1, -0.05) is 171 Å². The van der Waals surface area contributed by atoms with Gasteiger partial charge in [-0.3, -0.25) is 0 Å². The Labute approximate surface area is 317 Å². The van der Waals surface area contributed by atoms with E-state index < -0.39 is 0 Å². The van der Waals surface area contributed by atoms with Crippen molar-refractivity contribution in [2.24, 2.45) is 0 Å². The SMILES string of the molecule is Cc1ccc2c(c1)-c1cc(N(c3ccc4c(c3)C(C)(C)c3ccccc3-4)c3ccccc3-c3ccccc3)ccc1C21c2ccccc2-c2ccccc21. The molecule has 256 valence electrons. The highest BCUT2D eigenvalue weighted by Crippen LogP contribution is 2.63. The number of benzene rings is 8. The first-order valence-corrected chi connectivity index (χ1v) is 19.1. The van der Waals surface area contributed by atoms with E-state index in [1.807, 2.05) is 0 Å². The zero-order chi connectivity index (χ0) is 36.2. The Balaban J connectivity index is 1.18. The van der Waals surface area contributed by atoms with Gasteiger partial charge in [0.2, 0.25) is 0 Å². The first-order chi connectivity index (χ1) is 26.5. The second kappa shape index (κ2) is 11.3. The molecule has 0 atom stereocenters. The minimum atomic E-state index is -0.375. The normalized spacial score (nSPS) is 14.5. The number of hydrogen-bond donors (Lipinski definition) is 0.